The van der Waals surface area contributed by atoms with Crippen LogP contribution in [0.15, 0.2) is 24.3 Å². The SMILES string of the molecule is CC(=O)c1cccc(NC(=O)CNC2CCCCCCC2)c1. The van der Waals surface area contributed by atoms with Crippen LogP contribution in [0.25, 0.3) is 0 Å². The first-order valence-corrected chi connectivity index (χ1v) is 8.29. The van der Waals surface area contributed by atoms with E-state index in [9.17, 15) is 9.59 Å². The second kappa shape index (κ2) is 8.69. The number of rotatable bonds is 5. The Balaban J connectivity index is 1.79. The van der Waals surface area contributed by atoms with E-state index in [0.717, 1.165) is 12.8 Å². The minimum Gasteiger partial charge on any atom is -0.325 e. The van der Waals surface area contributed by atoms with Gasteiger partial charge in [-0.15, -0.1) is 0 Å². The molecule has 0 heterocycles. The molecule has 0 radical (unpaired) electrons. The maximum Gasteiger partial charge on any atom is 0.238 e. The number of benzene rings is 1. The van der Waals surface area contributed by atoms with Gasteiger partial charge in [-0.3, -0.25) is 9.59 Å². The molecule has 1 fully saturated rings. The van der Waals surface area contributed by atoms with Crippen molar-refractivity contribution >= 4 is 17.4 Å². The zero-order chi connectivity index (χ0) is 15.8. The molecule has 120 valence electrons. The van der Waals surface area contributed by atoms with Crippen LogP contribution in [0.2, 0.25) is 0 Å². The molecule has 0 saturated heterocycles. The lowest BCUT2D eigenvalue weighted by Crippen LogP contribution is -2.36. The Morgan fingerprint density at radius 1 is 1.09 bits per heavy atom. The van der Waals surface area contributed by atoms with E-state index in [4.69, 9.17) is 0 Å². The Labute approximate surface area is 132 Å². The molecule has 1 aliphatic rings. The topological polar surface area (TPSA) is 58.2 Å². The molecular formula is C18H26N2O2. The molecule has 0 unspecified atom stereocenters. The van der Waals surface area contributed by atoms with Gasteiger partial charge in [0.2, 0.25) is 5.91 Å². The summed E-state index contributed by atoms with van der Waals surface area (Å²) in [6.07, 6.45) is 8.78. The second-order valence-corrected chi connectivity index (χ2v) is 6.11. The molecule has 1 aliphatic carbocycles. The molecule has 2 N–H and O–H groups in total. The highest BCUT2D eigenvalue weighted by molar-refractivity contribution is 5.97. The van der Waals surface area contributed by atoms with Gasteiger partial charge >= 0.3 is 0 Å². The number of ketones is 1. The summed E-state index contributed by atoms with van der Waals surface area (Å²) in [7, 11) is 0. The van der Waals surface area contributed by atoms with E-state index >= 15 is 0 Å². The molecule has 2 rings (SSSR count). The first-order valence-electron chi connectivity index (χ1n) is 8.29. The van der Waals surface area contributed by atoms with Gasteiger partial charge in [0.1, 0.15) is 0 Å². The van der Waals surface area contributed by atoms with Gasteiger partial charge < -0.3 is 10.6 Å². The molecule has 4 nitrogen and oxygen atoms in total. The highest BCUT2D eigenvalue weighted by Crippen LogP contribution is 2.17. The van der Waals surface area contributed by atoms with Crippen LogP contribution in [-0.2, 0) is 4.79 Å². The van der Waals surface area contributed by atoms with Crippen molar-refractivity contribution < 1.29 is 9.59 Å². The summed E-state index contributed by atoms with van der Waals surface area (Å²) in [5.41, 5.74) is 1.29. The van der Waals surface area contributed by atoms with Crippen molar-refractivity contribution in [2.45, 2.75) is 57.9 Å². The number of Topliss-reactive ketones (excluding diaryl/α,β-unsaturated/α-hetero) is 1. The van der Waals surface area contributed by atoms with Crippen LogP contribution in [0.5, 0.6) is 0 Å². The lowest BCUT2D eigenvalue weighted by molar-refractivity contribution is -0.115. The molecule has 0 atom stereocenters. The summed E-state index contributed by atoms with van der Waals surface area (Å²) in [6.45, 7) is 1.85. The van der Waals surface area contributed by atoms with Gasteiger partial charge in [0.15, 0.2) is 5.78 Å². The third-order valence-electron chi connectivity index (χ3n) is 4.21. The van der Waals surface area contributed by atoms with E-state index in [1.165, 1.54) is 39.0 Å². The predicted molar refractivity (Wildman–Crippen MR) is 89.2 cm³/mol. The Kier molecular flexibility index (Phi) is 6.59. The third kappa shape index (κ3) is 5.60. The Bertz CT molecular complexity index is 506. The fourth-order valence-corrected chi connectivity index (χ4v) is 2.92. The van der Waals surface area contributed by atoms with Crippen LogP contribution >= 0.6 is 0 Å². The minimum absolute atomic E-state index is 0.00347. The zero-order valence-corrected chi connectivity index (χ0v) is 13.4. The van der Waals surface area contributed by atoms with Crippen LogP contribution in [0, 0.1) is 0 Å². The van der Waals surface area contributed by atoms with Crippen LogP contribution in [0.4, 0.5) is 5.69 Å². The van der Waals surface area contributed by atoms with Crippen LogP contribution in [0.3, 0.4) is 0 Å². The smallest absolute Gasteiger partial charge is 0.238 e. The molecule has 0 spiro atoms. The van der Waals surface area contributed by atoms with E-state index < -0.39 is 0 Å². The number of hydrogen-bond acceptors (Lipinski definition) is 3. The van der Waals surface area contributed by atoms with Crippen molar-refractivity contribution in [2.75, 3.05) is 11.9 Å². The molecule has 0 aromatic heterocycles. The summed E-state index contributed by atoms with van der Waals surface area (Å²) in [6, 6.07) is 7.52. The number of nitrogens with one attached hydrogen (secondary N) is 2. The summed E-state index contributed by atoms with van der Waals surface area (Å²) in [4.78, 5) is 23.4. The van der Waals surface area contributed by atoms with Crippen molar-refractivity contribution in [1.29, 1.82) is 0 Å². The van der Waals surface area contributed by atoms with Crippen LogP contribution in [0.1, 0.15) is 62.2 Å². The van der Waals surface area contributed by atoms with Crippen LogP contribution < -0.4 is 10.6 Å². The van der Waals surface area contributed by atoms with Crippen molar-refractivity contribution in [3.8, 4) is 0 Å². The summed E-state index contributed by atoms with van der Waals surface area (Å²) in [5.74, 6) is -0.0495. The lowest BCUT2D eigenvalue weighted by Gasteiger charge is -2.20. The first-order chi connectivity index (χ1) is 10.6. The number of anilines is 1. The molecule has 22 heavy (non-hydrogen) atoms. The van der Waals surface area contributed by atoms with Crippen molar-refractivity contribution in [1.82, 2.24) is 5.32 Å². The fraction of sp³-hybridized carbons (Fsp3) is 0.556. The Morgan fingerprint density at radius 3 is 2.45 bits per heavy atom. The molecular weight excluding hydrogens is 276 g/mol. The molecule has 1 amide bonds. The average molecular weight is 302 g/mol. The highest BCUT2D eigenvalue weighted by atomic mass is 16.2. The molecule has 0 aliphatic heterocycles. The monoisotopic (exact) mass is 302 g/mol. The van der Waals surface area contributed by atoms with Crippen molar-refractivity contribution in [2.24, 2.45) is 0 Å². The second-order valence-electron chi connectivity index (χ2n) is 6.11. The molecule has 1 saturated carbocycles. The van der Waals surface area contributed by atoms with E-state index in [1.807, 2.05) is 0 Å². The average Bonchev–Trinajstić information content (AvgIpc) is 2.46. The van der Waals surface area contributed by atoms with Gasteiger partial charge in [-0.25, -0.2) is 0 Å². The van der Waals surface area contributed by atoms with E-state index in [1.54, 1.807) is 24.3 Å². The maximum atomic E-state index is 12.0. The normalized spacial score (nSPS) is 16.6. The van der Waals surface area contributed by atoms with Crippen molar-refractivity contribution in [3.05, 3.63) is 29.8 Å². The summed E-state index contributed by atoms with van der Waals surface area (Å²) >= 11 is 0. The summed E-state index contributed by atoms with van der Waals surface area (Å²) < 4.78 is 0. The summed E-state index contributed by atoms with van der Waals surface area (Å²) in [5, 5.41) is 6.22. The van der Waals surface area contributed by atoms with Gasteiger partial charge in [0.25, 0.3) is 0 Å². The van der Waals surface area contributed by atoms with Gasteiger partial charge in [-0.2, -0.15) is 0 Å². The number of amides is 1. The molecule has 1 aromatic carbocycles. The molecule has 0 bridgehead atoms. The number of carbonyl (C=O) groups excluding carboxylic acids is 2. The third-order valence-corrected chi connectivity index (χ3v) is 4.21. The van der Waals surface area contributed by atoms with Gasteiger partial charge in [0, 0.05) is 17.3 Å². The van der Waals surface area contributed by atoms with E-state index in [0.29, 0.717) is 23.8 Å². The van der Waals surface area contributed by atoms with Gasteiger partial charge in [-0.05, 0) is 31.9 Å². The molecule has 4 heteroatoms. The fourth-order valence-electron chi connectivity index (χ4n) is 2.92. The zero-order valence-electron chi connectivity index (χ0n) is 13.4. The molecule has 1 aromatic rings. The minimum atomic E-state index is -0.0530. The lowest BCUT2D eigenvalue weighted by atomic mass is 9.97. The maximum absolute atomic E-state index is 12.0. The van der Waals surface area contributed by atoms with Gasteiger partial charge in [-0.1, -0.05) is 44.2 Å². The number of hydrogen-bond donors (Lipinski definition) is 2. The van der Waals surface area contributed by atoms with E-state index in [-0.39, 0.29) is 11.7 Å². The van der Waals surface area contributed by atoms with Crippen LogP contribution in [-0.4, -0.2) is 24.3 Å². The van der Waals surface area contributed by atoms with E-state index in [2.05, 4.69) is 10.6 Å². The number of carbonyl (C=O) groups is 2. The largest absolute Gasteiger partial charge is 0.325 e. The Morgan fingerprint density at radius 2 is 1.77 bits per heavy atom. The quantitative estimate of drug-likeness (QED) is 0.818. The Hall–Kier alpha value is -1.68. The highest BCUT2D eigenvalue weighted by Gasteiger charge is 2.12. The van der Waals surface area contributed by atoms with Gasteiger partial charge in [0.05, 0.1) is 6.54 Å². The predicted octanol–water partition coefficient (Wildman–Crippen LogP) is 3.53. The van der Waals surface area contributed by atoms with Crippen molar-refractivity contribution in [3.63, 3.8) is 0 Å². The first kappa shape index (κ1) is 16.7. The standard InChI is InChI=1S/C18H26N2O2/c1-14(21)15-8-7-11-17(12-15)20-18(22)13-19-16-9-5-3-2-4-6-10-16/h7-8,11-12,16,19H,2-6,9-10,13H2,1H3,(H,20,22).